The summed E-state index contributed by atoms with van der Waals surface area (Å²) in [7, 11) is 0. The zero-order chi connectivity index (χ0) is 12.3. The zero-order valence-electron chi connectivity index (χ0n) is 10.3. The van der Waals surface area contributed by atoms with E-state index >= 15 is 0 Å². The van der Waals surface area contributed by atoms with Crippen molar-refractivity contribution in [3.05, 3.63) is 35.9 Å². The number of hydrogen-bond donors (Lipinski definition) is 2. The lowest BCUT2D eigenvalue weighted by Gasteiger charge is -2.40. The zero-order valence-corrected chi connectivity index (χ0v) is 10.3. The van der Waals surface area contributed by atoms with E-state index in [1.165, 1.54) is 0 Å². The molecule has 0 saturated carbocycles. The van der Waals surface area contributed by atoms with Crippen LogP contribution in [-0.4, -0.2) is 34.4 Å². The molecule has 94 valence electrons. The van der Waals surface area contributed by atoms with E-state index < -0.39 is 5.60 Å². The molecule has 1 aromatic carbocycles. The molecular weight excluding hydrogens is 214 g/mol. The third kappa shape index (κ3) is 2.68. The molecular formula is C14H21NO2. The lowest BCUT2D eigenvalue weighted by atomic mass is 9.84. The largest absolute Gasteiger partial charge is 0.385 e. The number of rotatable bonds is 3. The predicted octanol–water partition coefficient (Wildman–Crippen LogP) is 1.70. The van der Waals surface area contributed by atoms with E-state index in [-0.39, 0.29) is 6.23 Å². The standard InChI is InChI=1S/C14H21NO2/c1-2-13(16)15-10-8-14(17,9-11-15)12-6-4-3-5-7-12/h3-7,13,16-17H,2,8-11H2,1H3. The summed E-state index contributed by atoms with van der Waals surface area (Å²) in [5.74, 6) is 0. The molecule has 2 N–H and O–H groups in total. The maximum atomic E-state index is 10.6. The van der Waals surface area contributed by atoms with Crippen molar-refractivity contribution >= 4 is 0 Å². The molecule has 3 nitrogen and oxygen atoms in total. The minimum atomic E-state index is -0.717. The van der Waals surface area contributed by atoms with Crippen LogP contribution in [0.5, 0.6) is 0 Å². The Labute approximate surface area is 103 Å². The lowest BCUT2D eigenvalue weighted by Crippen LogP contribution is -2.46. The van der Waals surface area contributed by atoms with Gasteiger partial charge in [0.05, 0.1) is 5.60 Å². The van der Waals surface area contributed by atoms with Crippen LogP contribution in [0.4, 0.5) is 0 Å². The van der Waals surface area contributed by atoms with Crippen LogP contribution >= 0.6 is 0 Å². The third-order valence-corrected chi connectivity index (χ3v) is 3.72. The van der Waals surface area contributed by atoms with E-state index in [1.54, 1.807) is 0 Å². The molecule has 0 aromatic heterocycles. The Morgan fingerprint density at radius 2 is 1.82 bits per heavy atom. The quantitative estimate of drug-likeness (QED) is 0.838. The van der Waals surface area contributed by atoms with Gasteiger partial charge in [-0.1, -0.05) is 37.3 Å². The molecule has 1 aliphatic rings. The van der Waals surface area contributed by atoms with Crippen molar-refractivity contribution in [2.75, 3.05) is 13.1 Å². The SMILES string of the molecule is CCC(O)N1CCC(O)(c2ccccc2)CC1. The fourth-order valence-electron chi connectivity index (χ4n) is 2.49. The van der Waals surface area contributed by atoms with Crippen molar-refractivity contribution in [2.24, 2.45) is 0 Å². The first-order chi connectivity index (χ1) is 8.15. The number of aliphatic hydroxyl groups excluding tert-OH is 1. The van der Waals surface area contributed by atoms with Crippen molar-refractivity contribution in [2.45, 2.75) is 38.0 Å². The first kappa shape index (κ1) is 12.6. The maximum Gasteiger partial charge on any atom is 0.107 e. The highest BCUT2D eigenvalue weighted by atomic mass is 16.3. The van der Waals surface area contributed by atoms with E-state index in [9.17, 15) is 10.2 Å². The van der Waals surface area contributed by atoms with Gasteiger partial charge in [0.1, 0.15) is 6.23 Å². The monoisotopic (exact) mass is 235 g/mol. The van der Waals surface area contributed by atoms with Crippen LogP contribution in [0, 0.1) is 0 Å². The second-order valence-corrected chi connectivity index (χ2v) is 4.82. The van der Waals surface area contributed by atoms with Gasteiger partial charge in [0.15, 0.2) is 0 Å². The Balaban J connectivity index is 2.03. The van der Waals surface area contributed by atoms with Crippen LogP contribution < -0.4 is 0 Å². The molecule has 1 heterocycles. The molecule has 1 aliphatic heterocycles. The van der Waals surface area contributed by atoms with Gasteiger partial charge in [-0.05, 0) is 24.8 Å². The average molecular weight is 235 g/mol. The number of nitrogens with zero attached hydrogens (tertiary/aromatic N) is 1. The maximum absolute atomic E-state index is 10.6. The highest BCUT2D eigenvalue weighted by Crippen LogP contribution is 2.33. The summed E-state index contributed by atoms with van der Waals surface area (Å²) in [6.07, 6.45) is 1.75. The van der Waals surface area contributed by atoms with Gasteiger partial charge in [0.2, 0.25) is 0 Å². The van der Waals surface area contributed by atoms with Crippen molar-refractivity contribution < 1.29 is 10.2 Å². The van der Waals surface area contributed by atoms with E-state index in [0.29, 0.717) is 12.8 Å². The molecule has 3 heteroatoms. The molecule has 1 fully saturated rings. The summed E-state index contributed by atoms with van der Waals surface area (Å²) in [4.78, 5) is 2.04. The Bertz CT molecular complexity index is 344. The van der Waals surface area contributed by atoms with Gasteiger partial charge >= 0.3 is 0 Å². The first-order valence-electron chi connectivity index (χ1n) is 6.36. The van der Waals surface area contributed by atoms with Gasteiger partial charge in [-0.2, -0.15) is 0 Å². The molecule has 0 aliphatic carbocycles. The summed E-state index contributed by atoms with van der Waals surface area (Å²) in [5, 5.41) is 20.4. The highest BCUT2D eigenvalue weighted by molar-refractivity contribution is 5.22. The smallest absolute Gasteiger partial charge is 0.107 e. The van der Waals surface area contributed by atoms with Gasteiger partial charge in [0.25, 0.3) is 0 Å². The summed E-state index contributed by atoms with van der Waals surface area (Å²) in [6, 6.07) is 9.84. The van der Waals surface area contributed by atoms with Crippen LogP contribution in [0.1, 0.15) is 31.7 Å². The Kier molecular flexibility index (Phi) is 3.82. The molecule has 1 unspecified atom stereocenters. The van der Waals surface area contributed by atoms with Gasteiger partial charge in [-0.15, -0.1) is 0 Å². The number of hydrogen-bond acceptors (Lipinski definition) is 3. The third-order valence-electron chi connectivity index (χ3n) is 3.72. The van der Waals surface area contributed by atoms with Crippen LogP contribution in [-0.2, 0) is 5.60 Å². The number of aliphatic hydroxyl groups is 2. The molecule has 0 spiro atoms. The molecule has 0 amide bonds. The average Bonchev–Trinajstić information content (AvgIpc) is 2.40. The minimum Gasteiger partial charge on any atom is -0.385 e. The van der Waals surface area contributed by atoms with Crippen molar-refractivity contribution in [3.8, 4) is 0 Å². The van der Waals surface area contributed by atoms with E-state index in [0.717, 1.165) is 25.1 Å². The van der Waals surface area contributed by atoms with E-state index in [2.05, 4.69) is 0 Å². The summed E-state index contributed by atoms with van der Waals surface area (Å²) in [5.41, 5.74) is 0.274. The number of benzene rings is 1. The molecule has 17 heavy (non-hydrogen) atoms. The van der Waals surface area contributed by atoms with E-state index in [1.807, 2.05) is 42.2 Å². The predicted molar refractivity (Wildman–Crippen MR) is 67.4 cm³/mol. The minimum absolute atomic E-state index is 0.365. The van der Waals surface area contributed by atoms with Crippen molar-refractivity contribution in [1.29, 1.82) is 0 Å². The Morgan fingerprint density at radius 1 is 1.24 bits per heavy atom. The van der Waals surface area contributed by atoms with Gasteiger partial charge in [-0.25, -0.2) is 0 Å². The molecule has 1 saturated heterocycles. The fourth-order valence-corrected chi connectivity index (χ4v) is 2.49. The topological polar surface area (TPSA) is 43.7 Å². The van der Waals surface area contributed by atoms with Gasteiger partial charge in [0, 0.05) is 13.1 Å². The molecule has 2 rings (SSSR count). The Hall–Kier alpha value is -0.900. The second-order valence-electron chi connectivity index (χ2n) is 4.82. The molecule has 1 aromatic rings. The van der Waals surface area contributed by atoms with Gasteiger partial charge in [-0.3, -0.25) is 4.90 Å². The normalized spacial score (nSPS) is 22.3. The summed E-state index contributed by atoms with van der Waals surface area (Å²) in [6.45, 7) is 3.48. The second kappa shape index (κ2) is 5.17. The first-order valence-corrected chi connectivity index (χ1v) is 6.36. The van der Waals surface area contributed by atoms with Crippen LogP contribution in [0.3, 0.4) is 0 Å². The lowest BCUT2D eigenvalue weighted by molar-refractivity contribution is -0.0779. The van der Waals surface area contributed by atoms with Crippen molar-refractivity contribution in [1.82, 2.24) is 4.90 Å². The highest BCUT2D eigenvalue weighted by Gasteiger charge is 2.35. The van der Waals surface area contributed by atoms with Gasteiger partial charge < -0.3 is 10.2 Å². The molecule has 0 bridgehead atoms. The fraction of sp³-hybridized carbons (Fsp3) is 0.571. The number of likely N-dealkylation sites (tertiary alicyclic amines) is 1. The molecule has 0 radical (unpaired) electrons. The van der Waals surface area contributed by atoms with Crippen LogP contribution in [0.25, 0.3) is 0 Å². The van der Waals surface area contributed by atoms with Crippen LogP contribution in [0.2, 0.25) is 0 Å². The summed E-state index contributed by atoms with van der Waals surface area (Å²) < 4.78 is 0. The molecule has 1 atom stereocenters. The van der Waals surface area contributed by atoms with Crippen LogP contribution in [0.15, 0.2) is 30.3 Å². The van der Waals surface area contributed by atoms with Crippen molar-refractivity contribution in [3.63, 3.8) is 0 Å². The summed E-state index contributed by atoms with van der Waals surface area (Å²) >= 11 is 0. The Morgan fingerprint density at radius 3 is 2.35 bits per heavy atom. The van der Waals surface area contributed by atoms with E-state index in [4.69, 9.17) is 0 Å². The number of piperidine rings is 1.